The number of benzene rings is 1. The van der Waals surface area contributed by atoms with Crippen LogP contribution >= 0.6 is 11.5 Å². The summed E-state index contributed by atoms with van der Waals surface area (Å²) in [6.07, 6.45) is 0.268. The fraction of sp³-hybridized carbons (Fsp3) is 0.462. The number of ether oxygens (including phenoxy) is 1. The maximum absolute atomic E-state index is 5.74. The average Bonchev–Trinajstić information content (AvgIpc) is 2.83. The van der Waals surface area contributed by atoms with Gasteiger partial charge in [-0.2, -0.15) is 4.37 Å². The Morgan fingerprint density at radius 1 is 1.50 bits per heavy atom. The van der Waals surface area contributed by atoms with Crippen molar-refractivity contribution in [2.75, 3.05) is 38.2 Å². The molecular formula is C13H17N3OS. The van der Waals surface area contributed by atoms with Gasteiger partial charge in [0.15, 0.2) is 0 Å². The number of nitrogens with zero attached hydrogens (tertiary/aromatic N) is 2. The molecule has 1 N–H and O–H groups in total. The number of hydrogen-bond donors (Lipinski definition) is 1. The average molecular weight is 263 g/mol. The molecule has 3 rings (SSSR count). The first-order valence-corrected chi connectivity index (χ1v) is 7.01. The lowest BCUT2D eigenvalue weighted by molar-refractivity contribution is 0.0425. The SMILES string of the molecule is CNCC1CN(c2snc3ccccc23)CCO1. The number of fused-ring (bicyclic) bond motifs is 1. The predicted molar refractivity (Wildman–Crippen MR) is 75.5 cm³/mol. The van der Waals surface area contributed by atoms with E-state index in [0.29, 0.717) is 0 Å². The topological polar surface area (TPSA) is 37.4 Å². The van der Waals surface area contributed by atoms with Gasteiger partial charge in [-0.25, -0.2) is 0 Å². The Morgan fingerprint density at radius 2 is 2.39 bits per heavy atom. The normalized spacial score (nSPS) is 20.5. The van der Waals surface area contributed by atoms with E-state index in [-0.39, 0.29) is 6.10 Å². The maximum Gasteiger partial charge on any atom is 0.120 e. The lowest BCUT2D eigenvalue weighted by atomic mass is 10.2. The summed E-state index contributed by atoms with van der Waals surface area (Å²) in [6.45, 7) is 3.57. The highest BCUT2D eigenvalue weighted by molar-refractivity contribution is 7.11. The van der Waals surface area contributed by atoms with Gasteiger partial charge in [0.2, 0.25) is 0 Å². The molecule has 1 aromatic carbocycles. The number of nitrogens with one attached hydrogen (secondary N) is 1. The second kappa shape index (κ2) is 5.22. The zero-order valence-corrected chi connectivity index (χ0v) is 11.2. The number of likely N-dealkylation sites (N-methyl/N-ethyl adjacent to an activating group) is 1. The first kappa shape index (κ1) is 11.9. The number of anilines is 1. The molecule has 0 aliphatic carbocycles. The van der Waals surface area contributed by atoms with Crippen LogP contribution in [0, 0.1) is 0 Å². The van der Waals surface area contributed by atoms with E-state index >= 15 is 0 Å². The molecule has 1 aliphatic heterocycles. The summed E-state index contributed by atoms with van der Waals surface area (Å²) in [4.78, 5) is 2.39. The monoisotopic (exact) mass is 263 g/mol. The van der Waals surface area contributed by atoms with E-state index in [1.807, 2.05) is 13.1 Å². The van der Waals surface area contributed by atoms with Crippen LogP contribution in [-0.2, 0) is 4.74 Å². The van der Waals surface area contributed by atoms with Crippen molar-refractivity contribution in [2.45, 2.75) is 6.10 Å². The van der Waals surface area contributed by atoms with Crippen LogP contribution in [0.25, 0.3) is 10.9 Å². The molecule has 5 heteroatoms. The van der Waals surface area contributed by atoms with Gasteiger partial charge in [0, 0.05) is 25.0 Å². The first-order chi connectivity index (χ1) is 8.88. The van der Waals surface area contributed by atoms with E-state index < -0.39 is 0 Å². The summed E-state index contributed by atoms with van der Waals surface area (Å²) in [5.41, 5.74) is 1.09. The van der Waals surface area contributed by atoms with Gasteiger partial charge in [-0.1, -0.05) is 12.1 Å². The third-order valence-electron chi connectivity index (χ3n) is 3.22. The highest BCUT2D eigenvalue weighted by atomic mass is 32.1. The number of rotatable bonds is 3. The molecule has 1 aromatic heterocycles. The molecule has 0 amide bonds. The molecule has 0 bridgehead atoms. The molecule has 1 unspecified atom stereocenters. The fourth-order valence-corrected chi connectivity index (χ4v) is 3.25. The molecule has 0 radical (unpaired) electrons. The molecule has 0 spiro atoms. The quantitative estimate of drug-likeness (QED) is 0.915. The number of aromatic nitrogens is 1. The molecule has 2 aromatic rings. The minimum absolute atomic E-state index is 0.268. The summed E-state index contributed by atoms with van der Waals surface area (Å²) >= 11 is 1.59. The fourth-order valence-electron chi connectivity index (χ4n) is 2.36. The van der Waals surface area contributed by atoms with E-state index in [1.54, 1.807) is 11.5 Å². The molecule has 1 aliphatic rings. The molecule has 96 valence electrons. The zero-order chi connectivity index (χ0) is 12.4. The Labute approximate surface area is 111 Å². The molecule has 1 fully saturated rings. The summed E-state index contributed by atoms with van der Waals surface area (Å²) in [5.74, 6) is 0. The predicted octanol–water partition coefficient (Wildman–Crippen LogP) is 1.72. The van der Waals surface area contributed by atoms with Crippen molar-refractivity contribution in [3.63, 3.8) is 0 Å². The third kappa shape index (κ3) is 2.21. The van der Waals surface area contributed by atoms with Crippen LogP contribution in [-0.4, -0.2) is 43.8 Å². The number of morpholine rings is 1. The van der Waals surface area contributed by atoms with Crippen LogP contribution < -0.4 is 10.2 Å². The third-order valence-corrected chi connectivity index (χ3v) is 4.16. The van der Waals surface area contributed by atoms with Crippen LogP contribution in [0.4, 0.5) is 5.00 Å². The van der Waals surface area contributed by atoms with Gasteiger partial charge in [0.25, 0.3) is 0 Å². The molecule has 2 heterocycles. The van der Waals surface area contributed by atoms with E-state index in [9.17, 15) is 0 Å². The highest BCUT2D eigenvalue weighted by Crippen LogP contribution is 2.31. The van der Waals surface area contributed by atoms with Gasteiger partial charge in [0.1, 0.15) is 5.00 Å². The summed E-state index contributed by atoms with van der Waals surface area (Å²) in [5, 5.41) is 5.71. The van der Waals surface area contributed by atoms with Crippen molar-refractivity contribution >= 4 is 27.4 Å². The van der Waals surface area contributed by atoms with Gasteiger partial charge in [-0.3, -0.25) is 0 Å². The van der Waals surface area contributed by atoms with Crippen molar-refractivity contribution in [2.24, 2.45) is 0 Å². The van der Waals surface area contributed by atoms with Gasteiger partial charge >= 0.3 is 0 Å². The highest BCUT2D eigenvalue weighted by Gasteiger charge is 2.22. The largest absolute Gasteiger partial charge is 0.373 e. The van der Waals surface area contributed by atoms with Gasteiger partial charge in [0.05, 0.1) is 18.2 Å². The van der Waals surface area contributed by atoms with Crippen molar-refractivity contribution in [1.82, 2.24) is 9.69 Å². The van der Waals surface area contributed by atoms with E-state index in [4.69, 9.17) is 4.74 Å². The van der Waals surface area contributed by atoms with Crippen molar-refractivity contribution in [3.05, 3.63) is 24.3 Å². The summed E-state index contributed by atoms with van der Waals surface area (Å²) in [7, 11) is 1.96. The Balaban J connectivity index is 1.85. The molecular weight excluding hydrogens is 246 g/mol. The van der Waals surface area contributed by atoms with Crippen LogP contribution in [0.5, 0.6) is 0 Å². The second-order valence-corrected chi connectivity index (χ2v) is 5.25. The van der Waals surface area contributed by atoms with Gasteiger partial charge in [-0.15, -0.1) is 0 Å². The standard InChI is InChI=1S/C13H17N3OS/c1-14-8-10-9-16(6-7-17-10)13-11-4-2-3-5-12(11)15-18-13/h2-5,10,14H,6-9H2,1H3. The second-order valence-electron chi connectivity index (χ2n) is 4.50. The van der Waals surface area contributed by atoms with Crippen molar-refractivity contribution in [3.8, 4) is 0 Å². The Hall–Kier alpha value is -1.17. The van der Waals surface area contributed by atoms with Crippen LogP contribution in [0.2, 0.25) is 0 Å². The lowest BCUT2D eigenvalue weighted by Crippen LogP contribution is -2.46. The Morgan fingerprint density at radius 3 is 3.28 bits per heavy atom. The van der Waals surface area contributed by atoms with Gasteiger partial charge in [-0.05, 0) is 30.7 Å². The van der Waals surface area contributed by atoms with Crippen LogP contribution in [0.15, 0.2) is 24.3 Å². The first-order valence-electron chi connectivity index (χ1n) is 6.24. The lowest BCUT2D eigenvalue weighted by Gasteiger charge is -2.33. The molecule has 1 atom stereocenters. The summed E-state index contributed by atoms with van der Waals surface area (Å²) in [6, 6.07) is 8.33. The van der Waals surface area contributed by atoms with Crippen LogP contribution in [0.3, 0.4) is 0 Å². The molecule has 4 nitrogen and oxygen atoms in total. The zero-order valence-electron chi connectivity index (χ0n) is 10.4. The summed E-state index contributed by atoms with van der Waals surface area (Å²) < 4.78 is 10.2. The molecule has 18 heavy (non-hydrogen) atoms. The minimum atomic E-state index is 0.268. The Bertz CT molecular complexity index is 526. The molecule has 1 saturated heterocycles. The van der Waals surface area contributed by atoms with Crippen LogP contribution in [0.1, 0.15) is 0 Å². The smallest absolute Gasteiger partial charge is 0.120 e. The molecule has 0 saturated carbocycles. The minimum Gasteiger partial charge on any atom is -0.373 e. The van der Waals surface area contributed by atoms with E-state index in [0.717, 1.165) is 31.8 Å². The van der Waals surface area contributed by atoms with Gasteiger partial charge < -0.3 is 15.0 Å². The van der Waals surface area contributed by atoms with Crippen molar-refractivity contribution in [1.29, 1.82) is 0 Å². The van der Waals surface area contributed by atoms with E-state index in [1.165, 1.54) is 10.4 Å². The Kier molecular flexibility index (Phi) is 3.45. The van der Waals surface area contributed by atoms with Crippen molar-refractivity contribution < 1.29 is 4.74 Å². The van der Waals surface area contributed by atoms with E-state index in [2.05, 4.69) is 32.8 Å². The number of hydrogen-bond acceptors (Lipinski definition) is 5. The maximum atomic E-state index is 5.74.